The Bertz CT molecular complexity index is 845. The molecule has 1 aromatic heterocycles. The summed E-state index contributed by atoms with van der Waals surface area (Å²) in [7, 11) is -4.90. The Hall–Kier alpha value is -2.27. The lowest BCUT2D eigenvalue weighted by atomic mass is 10.1. The SMILES string of the molecule is CC(=O)N(C(C)=O)C(Cc1c[nH]c2ccccc12)OOS(=O)(=O)O. The summed E-state index contributed by atoms with van der Waals surface area (Å²) in [4.78, 5) is 31.7. The molecule has 0 saturated carbocycles. The van der Waals surface area contributed by atoms with Crippen LogP contribution in [0, 0.1) is 0 Å². The van der Waals surface area contributed by atoms with E-state index in [1.54, 1.807) is 12.3 Å². The molecule has 2 aromatic rings. The van der Waals surface area contributed by atoms with Crippen LogP contribution in [0.2, 0.25) is 0 Å². The van der Waals surface area contributed by atoms with Crippen molar-refractivity contribution >= 4 is 33.1 Å². The molecular weight excluding hydrogens is 340 g/mol. The topological polar surface area (TPSA) is 126 Å². The molecule has 9 nitrogen and oxygen atoms in total. The molecule has 1 unspecified atom stereocenters. The van der Waals surface area contributed by atoms with Gasteiger partial charge in [0.2, 0.25) is 11.8 Å². The summed E-state index contributed by atoms with van der Waals surface area (Å²) in [5, 5.41) is 0.810. The van der Waals surface area contributed by atoms with Crippen molar-refractivity contribution in [3.63, 3.8) is 0 Å². The van der Waals surface area contributed by atoms with E-state index in [0.29, 0.717) is 10.5 Å². The number of hydrogen-bond acceptors (Lipinski definition) is 6. The third-order valence-corrected chi connectivity index (χ3v) is 3.52. The standard InChI is InChI=1S/C14H16N2O7S/c1-9(17)16(10(2)18)14(22-23-24(19,20)21)7-11-8-15-13-6-4-3-5-12(11)13/h3-6,8,14-15H,7H2,1-2H3,(H,19,20,21). The summed E-state index contributed by atoms with van der Waals surface area (Å²) in [6.45, 7) is 2.25. The second-order valence-corrected chi connectivity index (χ2v) is 6.01. The summed E-state index contributed by atoms with van der Waals surface area (Å²) >= 11 is 0. The van der Waals surface area contributed by atoms with E-state index in [1.165, 1.54) is 0 Å². The average Bonchev–Trinajstić information content (AvgIpc) is 2.86. The number of para-hydroxylation sites is 1. The number of hydrogen-bond donors (Lipinski definition) is 2. The van der Waals surface area contributed by atoms with E-state index in [9.17, 15) is 18.0 Å². The zero-order valence-electron chi connectivity index (χ0n) is 12.9. The Kier molecular flexibility index (Phi) is 5.34. The molecule has 2 N–H and O–H groups in total. The van der Waals surface area contributed by atoms with Crippen molar-refractivity contribution in [2.75, 3.05) is 0 Å². The van der Waals surface area contributed by atoms with E-state index in [2.05, 4.69) is 14.2 Å². The van der Waals surface area contributed by atoms with Gasteiger partial charge in [-0.2, -0.15) is 13.3 Å². The summed E-state index contributed by atoms with van der Waals surface area (Å²) in [5.41, 5.74) is 1.49. The average molecular weight is 356 g/mol. The molecule has 0 aliphatic heterocycles. The van der Waals surface area contributed by atoms with E-state index in [0.717, 1.165) is 24.8 Å². The van der Waals surface area contributed by atoms with Crippen molar-refractivity contribution in [3.8, 4) is 0 Å². The van der Waals surface area contributed by atoms with Crippen LogP contribution >= 0.6 is 0 Å². The number of imide groups is 1. The van der Waals surface area contributed by atoms with Crippen molar-refractivity contribution < 1.29 is 31.8 Å². The van der Waals surface area contributed by atoms with Gasteiger partial charge in [-0.15, -0.1) is 0 Å². The van der Waals surface area contributed by atoms with Crippen LogP contribution in [0.4, 0.5) is 0 Å². The second-order valence-electron chi connectivity index (χ2n) is 5.02. The van der Waals surface area contributed by atoms with Crippen molar-refractivity contribution in [2.45, 2.75) is 26.5 Å². The van der Waals surface area contributed by atoms with E-state index < -0.39 is 28.4 Å². The first kappa shape index (κ1) is 18.1. The number of carbonyl (C=O) groups excluding carboxylic acids is 2. The Balaban J connectivity index is 2.34. The van der Waals surface area contributed by atoms with E-state index >= 15 is 0 Å². The maximum absolute atomic E-state index is 11.7. The van der Waals surface area contributed by atoms with Crippen molar-refractivity contribution in [3.05, 3.63) is 36.0 Å². The molecule has 0 bridgehead atoms. The Labute approximate surface area is 138 Å². The first-order valence-electron chi connectivity index (χ1n) is 6.87. The molecule has 2 amide bonds. The lowest BCUT2D eigenvalue weighted by molar-refractivity contribution is -0.276. The van der Waals surface area contributed by atoms with Crippen molar-refractivity contribution in [1.82, 2.24) is 9.88 Å². The van der Waals surface area contributed by atoms with E-state index in [1.807, 2.05) is 18.2 Å². The fourth-order valence-electron chi connectivity index (χ4n) is 2.38. The number of benzene rings is 1. The highest BCUT2D eigenvalue weighted by Gasteiger charge is 2.29. The molecule has 0 aliphatic carbocycles. The van der Waals surface area contributed by atoms with Gasteiger partial charge in [0.25, 0.3) is 0 Å². The van der Waals surface area contributed by atoms with Gasteiger partial charge in [-0.1, -0.05) is 22.5 Å². The highest BCUT2D eigenvalue weighted by Crippen LogP contribution is 2.21. The van der Waals surface area contributed by atoms with Crippen LogP contribution in [0.1, 0.15) is 19.4 Å². The van der Waals surface area contributed by atoms with Gasteiger partial charge in [0.15, 0.2) is 6.23 Å². The fourth-order valence-corrected chi connectivity index (χ4v) is 2.57. The minimum atomic E-state index is -4.90. The maximum Gasteiger partial charge on any atom is 0.424 e. The Morgan fingerprint density at radius 2 is 1.88 bits per heavy atom. The minimum absolute atomic E-state index is 0.0430. The fraction of sp³-hybridized carbons (Fsp3) is 0.286. The van der Waals surface area contributed by atoms with Crippen LogP contribution in [0.5, 0.6) is 0 Å². The van der Waals surface area contributed by atoms with Gasteiger partial charge in [-0.3, -0.25) is 19.0 Å². The van der Waals surface area contributed by atoms with Gasteiger partial charge in [-0.25, -0.2) is 0 Å². The summed E-state index contributed by atoms with van der Waals surface area (Å²) in [5.74, 6) is -1.32. The van der Waals surface area contributed by atoms with Crippen molar-refractivity contribution in [1.29, 1.82) is 0 Å². The van der Waals surface area contributed by atoms with E-state index in [4.69, 9.17) is 4.55 Å². The third-order valence-electron chi connectivity index (χ3n) is 3.27. The molecule has 1 aromatic carbocycles. The number of carbonyl (C=O) groups is 2. The Morgan fingerprint density at radius 3 is 2.46 bits per heavy atom. The molecule has 10 heteroatoms. The highest BCUT2D eigenvalue weighted by atomic mass is 32.3. The quantitative estimate of drug-likeness (QED) is 0.344. The van der Waals surface area contributed by atoms with Crippen LogP contribution < -0.4 is 0 Å². The van der Waals surface area contributed by atoms with Gasteiger partial charge in [0, 0.05) is 37.4 Å². The summed E-state index contributed by atoms with van der Waals surface area (Å²) < 4.78 is 34.0. The number of nitrogens with zero attached hydrogens (tertiary/aromatic N) is 1. The molecular formula is C14H16N2O7S. The number of H-pyrrole nitrogens is 1. The van der Waals surface area contributed by atoms with Crippen molar-refractivity contribution in [2.24, 2.45) is 0 Å². The van der Waals surface area contributed by atoms with Gasteiger partial charge < -0.3 is 4.98 Å². The largest absolute Gasteiger partial charge is 0.424 e. The predicted octanol–water partition coefficient (Wildman–Crippen LogP) is 1.18. The highest BCUT2D eigenvalue weighted by molar-refractivity contribution is 7.80. The first-order valence-corrected chi connectivity index (χ1v) is 8.23. The first-order chi connectivity index (χ1) is 11.2. The molecule has 130 valence electrons. The van der Waals surface area contributed by atoms with E-state index in [-0.39, 0.29) is 6.42 Å². The van der Waals surface area contributed by atoms with Crippen LogP contribution in [0.25, 0.3) is 10.9 Å². The van der Waals surface area contributed by atoms with Crippen LogP contribution in [0.15, 0.2) is 30.5 Å². The Morgan fingerprint density at radius 1 is 1.25 bits per heavy atom. The van der Waals surface area contributed by atoms with Crippen LogP contribution in [-0.4, -0.2) is 40.9 Å². The summed E-state index contributed by atoms with van der Waals surface area (Å²) in [6, 6.07) is 7.28. The molecule has 0 aliphatic rings. The van der Waals surface area contributed by atoms with Gasteiger partial charge >= 0.3 is 10.4 Å². The molecule has 1 atom stereocenters. The van der Waals surface area contributed by atoms with Crippen LogP contribution in [-0.2, 0) is 35.6 Å². The maximum atomic E-state index is 11.7. The lowest BCUT2D eigenvalue weighted by Crippen LogP contribution is -2.45. The zero-order chi connectivity index (χ0) is 17.9. The third kappa shape index (κ3) is 4.38. The predicted molar refractivity (Wildman–Crippen MR) is 82.7 cm³/mol. The molecule has 1 heterocycles. The molecule has 0 saturated heterocycles. The molecule has 0 fully saturated rings. The molecule has 0 spiro atoms. The lowest BCUT2D eigenvalue weighted by Gasteiger charge is -2.26. The number of aromatic amines is 1. The number of fused-ring (bicyclic) bond motifs is 1. The number of nitrogens with one attached hydrogen (secondary N) is 1. The van der Waals surface area contributed by atoms with Crippen LogP contribution in [0.3, 0.4) is 0 Å². The number of amides is 2. The number of rotatable bonds is 6. The minimum Gasteiger partial charge on any atom is -0.361 e. The normalized spacial score (nSPS) is 13.0. The van der Waals surface area contributed by atoms with Gasteiger partial charge in [0.05, 0.1) is 0 Å². The van der Waals surface area contributed by atoms with Gasteiger partial charge in [-0.05, 0) is 11.6 Å². The summed E-state index contributed by atoms with van der Waals surface area (Å²) in [6.07, 6.45) is 0.229. The zero-order valence-corrected chi connectivity index (χ0v) is 13.7. The smallest absolute Gasteiger partial charge is 0.361 e. The second kappa shape index (κ2) is 7.09. The monoisotopic (exact) mass is 356 g/mol. The molecule has 0 radical (unpaired) electrons. The van der Waals surface area contributed by atoms with Gasteiger partial charge in [0.1, 0.15) is 0 Å². The molecule has 2 rings (SSSR count). The number of aromatic nitrogens is 1. The molecule has 24 heavy (non-hydrogen) atoms.